The molecule has 0 atom stereocenters. The first kappa shape index (κ1) is 8.15. The first-order valence-electron chi connectivity index (χ1n) is 3.72. The molecule has 0 amide bonds. The van der Waals surface area contributed by atoms with Crippen LogP contribution in [0.3, 0.4) is 0 Å². The van der Waals surface area contributed by atoms with Crippen LogP contribution in [0, 0.1) is 0 Å². The Morgan fingerprint density at radius 2 is 2.08 bits per heavy atom. The molecule has 0 radical (unpaired) electrons. The number of hydrogen-bond donors (Lipinski definition) is 2. The molecule has 3 N–H and O–H groups in total. The van der Waals surface area contributed by atoms with E-state index in [9.17, 15) is 0 Å². The Morgan fingerprint density at radius 1 is 1.31 bits per heavy atom. The molecule has 0 aliphatic carbocycles. The molecule has 66 valence electrons. The van der Waals surface area contributed by atoms with E-state index in [1.54, 1.807) is 23.7 Å². The first-order valence-corrected chi connectivity index (χ1v) is 4.60. The number of nitrogens with two attached hydrogens (primary N) is 1. The van der Waals surface area contributed by atoms with Crippen molar-refractivity contribution in [3.05, 3.63) is 29.9 Å². The minimum absolute atomic E-state index is 0.691. The summed E-state index contributed by atoms with van der Waals surface area (Å²) < 4.78 is 0. The standard InChI is InChI=1S/C8H8N4S/c9-12-7-5-13-8(11-7)6-1-3-10-4-2-6/h1-5,12H,9H2. The predicted molar refractivity (Wildman–Crippen MR) is 53.2 cm³/mol. The van der Waals surface area contributed by atoms with Gasteiger partial charge in [0.2, 0.25) is 0 Å². The number of anilines is 1. The van der Waals surface area contributed by atoms with Crippen LogP contribution in [0.25, 0.3) is 10.6 Å². The van der Waals surface area contributed by atoms with Crippen molar-refractivity contribution in [1.29, 1.82) is 0 Å². The van der Waals surface area contributed by atoms with E-state index in [1.807, 2.05) is 17.5 Å². The van der Waals surface area contributed by atoms with Crippen molar-refractivity contribution in [2.75, 3.05) is 5.43 Å². The van der Waals surface area contributed by atoms with E-state index >= 15 is 0 Å². The molecule has 2 aromatic heterocycles. The Morgan fingerprint density at radius 3 is 2.69 bits per heavy atom. The predicted octanol–water partition coefficient (Wildman–Crippen LogP) is 1.49. The maximum Gasteiger partial charge on any atom is 0.151 e. The summed E-state index contributed by atoms with van der Waals surface area (Å²) in [6, 6.07) is 3.83. The van der Waals surface area contributed by atoms with Crippen LogP contribution < -0.4 is 11.3 Å². The van der Waals surface area contributed by atoms with Gasteiger partial charge in [-0.05, 0) is 12.1 Å². The molecule has 0 aliphatic rings. The SMILES string of the molecule is NNc1csc(-c2ccncc2)n1. The maximum atomic E-state index is 5.22. The van der Waals surface area contributed by atoms with Crippen LogP contribution in [-0.4, -0.2) is 9.97 Å². The van der Waals surface area contributed by atoms with Crippen LogP contribution in [0.15, 0.2) is 29.9 Å². The van der Waals surface area contributed by atoms with Gasteiger partial charge in [-0.1, -0.05) is 0 Å². The van der Waals surface area contributed by atoms with E-state index < -0.39 is 0 Å². The number of nitrogens with one attached hydrogen (secondary N) is 1. The molecule has 2 rings (SSSR count). The van der Waals surface area contributed by atoms with E-state index in [2.05, 4.69) is 15.4 Å². The van der Waals surface area contributed by atoms with E-state index in [0.717, 1.165) is 10.6 Å². The molecule has 2 aromatic rings. The lowest BCUT2D eigenvalue weighted by molar-refractivity contribution is 1.26. The highest BCUT2D eigenvalue weighted by atomic mass is 32.1. The van der Waals surface area contributed by atoms with Crippen molar-refractivity contribution in [3.8, 4) is 10.6 Å². The Labute approximate surface area is 79.4 Å². The van der Waals surface area contributed by atoms with E-state index in [-0.39, 0.29) is 0 Å². The van der Waals surface area contributed by atoms with E-state index in [1.165, 1.54) is 0 Å². The normalized spacial score (nSPS) is 9.92. The molecule has 0 bridgehead atoms. The number of rotatable bonds is 2. The van der Waals surface area contributed by atoms with Crippen molar-refractivity contribution in [2.45, 2.75) is 0 Å². The number of nitrogens with zero attached hydrogens (tertiary/aromatic N) is 2. The zero-order valence-corrected chi connectivity index (χ0v) is 7.58. The monoisotopic (exact) mass is 192 g/mol. The molecule has 0 saturated carbocycles. The third-order valence-electron chi connectivity index (χ3n) is 1.58. The Kier molecular flexibility index (Phi) is 2.20. The number of aromatic nitrogens is 2. The first-order chi connectivity index (χ1) is 6.40. The molecule has 4 nitrogen and oxygen atoms in total. The van der Waals surface area contributed by atoms with Gasteiger partial charge in [0, 0.05) is 23.3 Å². The third-order valence-corrected chi connectivity index (χ3v) is 2.47. The van der Waals surface area contributed by atoms with Gasteiger partial charge in [0.25, 0.3) is 0 Å². The zero-order valence-electron chi connectivity index (χ0n) is 6.77. The lowest BCUT2D eigenvalue weighted by Gasteiger charge is -1.93. The summed E-state index contributed by atoms with van der Waals surface area (Å²) in [5, 5.41) is 2.81. The summed E-state index contributed by atoms with van der Waals surface area (Å²) in [7, 11) is 0. The molecule has 2 heterocycles. The lowest BCUT2D eigenvalue weighted by Crippen LogP contribution is -2.06. The van der Waals surface area contributed by atoms with Crippen molar-refractivity contribution >= 4 is 17.2 Å². The molecule has 0 spiro atoms. The molecule has 0 unspecified atom stereocenters. The second-order valence-electron chi connectivity index (χ2n) is 2.42. The Balaban J connectivity index is 2.36. The lowest BCUT2D eigenvalue weighted by atomic mass is 10.3. The summed E-state index contributed by atoms with van der Waals surface area (Å²) >= 11 is 1.55. The van der Waals surface area contributed by atoms with Gasteiger partial charge in [-0.25, -0.2) is 10.8 Å². The van der Waals surface area contributed by atoms with Crippen LogP contribution in [0.5, 0.6) is 0 Å². The van der Waals surface area contributed by atoms with Crippen LogP contribution in [0.2, 0.25) is 0 Å². The van der Waals surface area contributed by atoms with Gasteiger partial charge >= 0.3 is 0 Å². The summed E-state index contributed by atoms with van der Waals surface area (Å²) in [6.07, 6.45) is 3.48. The Bertz CT molecular complexity index is 384. The highest BCUT2D eigenvalue weighted by Crippen LogP contribution is 2.24. The molecular weight excluding hydrogens is 184 g/mol. The second kappa shape index (κ2) is 3.51. The molecule has 13 heavy (non-hydrogen) atoms. The fourth-order valence-electron chi connectivity index (χ4n) is 0.967. The molecule has 0 fully saturated rings. The quantitative estimate of drug-likeness (QED) is 0.559. The van der Waals surface area contributed by atoms with Gasteiger partial charge in [-0.2, -0.15) is 0 Å². The molecule has 0 saturated heterocycles. The molecular formula is C8H8N4S. The van der Waals surface area contributed by atoms with Crippen LogP contribution in [-0.2, 0) is 0 Å². The van der Waals surface area contributed by atoms with Crippen molar-refractivity contribution in [2.24, 2.45) is 5.84 Å². The second-order valence-corrected chi connectivity index (χ2v) is 3.28. The molecule has 0 aromatic carbocycles. The third kappa shape index (κ3) is 1.66. The summed E-state index contributed by atoms with van der Waals surface area (Å²) in [6.45, 7) is 0. The van der Waals surface area contributed by atoms with Gasteiger partial charge in [0.15, 0.2) is 5.82 Å². The van der Waals surface area contributed by atoms with Crippen LogP contribution in [0.1, 0.15) is 0 Å². The summed E-state index contributed by atoms with van der Waals surface area (Å²) in [5.74, 6) is 5.91. The largest absolute Gasteiger partial charge is 0.308 e. The summed E-state index contributed by atoms with van der Waals surface area (Å²) in [5.41, 5.74) is 3.56. The van der Waals surface area contributed by atoms with E-state index in [4.69, 9.17) is 5.84 Å². The molecule has 5 heteroatoms. The van der Waals surface area contributed by atoms with Crippen LogP contribution >= 0.6 is 11.3 Å². The topological polar surface area (TPSA) is 63.8 Å². The number of hydrazine groups is 1. The maximum absolute atomic E-state index is 5.22. The minimum Gasteiger partial charge on any atom is -0.308 e. The number of thiazole rings is 1. The fraction of sp³-hybridized carbons (Fsp3) is 0. The smallest absolute Gasteiger partial charge is 0.151 e. The number of nitrogen functional groups attached to an aromatic ring is 1. The fourth-order valence-corrected chi connectivity index (χ4v) is 1.73. The van der Waals surface area contributed by atoms with Crippen molar-refractivity contribution in [1.82, 2.24) is 9.97 Å². The van der Waals surface area contributed by atoms with Crippen molar-refractivity contribution in [3.63, 3.8) is 0 Å². The average Bonchev–Trinajstić information content (AvgIpc) is 2.67. The highest BCUT2D eigenvalue weighted by Gasteiger charge is 2.01. The summed E-state index contributed by atoms with van der Waals surface area (Å²) in [4.78, 5) is 8.19. The van der Waals surface area contributed by atoms with Gasteiger partial charge < -0.3 is 5.43 Å². The minimum atomic E-state index is 0.691. The van der Waals surface area contributed by atoms with Crippen LogP contribution in [0.4, 0.5) is 5.82 Å². The number of pyridine rings is 1. The zero-order chi connectivity index (χ0) is 9.10. The van der Waals surface area contributed by atoms with Gasteiger partial charge in [0.1, 0.15) is 5.01 Å². The average molecular weight is 192 g/mol. The highest BCUT2D eigenvalue weighted by molar-refractivity contribution is 7.13. The van der Waals surface area contributed by atoms with Gasteiger partial charge in [-0.15, -0.1) is 11.3 Å². The number of hydrogen-bond acceptors (Lipinski definition) is 5. The molecule has 0 aliphatic heterocycles. The van der Waals surface area contributed by atoms with Crippen molar-refractivity contribution < 1.29 is 0 Å². The van der Waals surface area contributed by atoms with Gasteiger partial charge in [-0.3, -0.25) is 4.98 Å². The van der Waals surface area contributed by atoms with E-state index in [0.29, 0.717) is 5.82 Å². The van der Waals surface area contributed by atoms with Gasteiger partial charge in [0.05, 0.1) is 0 Å². The Hall–Kier alpha value is -1.46.